The summed E-state index contributed by atoms with van der Waals surface area (Å²) in [7, 11) is -3.75. The molecule has 0 aliphatic carbocycles. The number of benzene rings is 1. The molecule has 1 amide bonds. The first-order chi connectivity index (χ1) is 10.1. The number of hydrogen-bond donors (Lipinski definition) is 0. The fourth-order valence-corrected chi connectivity index (χ4v) is 3.36. The SMILES string of the molecule is CC(C)CN(CC(C)C)C(=O)CS(=O)(=O)c1ccc(F)cc1. The molecule has 0 aliphatic heterocycles. The van der Waals surface area contributed by atoms with E-state index in [2.05, 4.69) is 0 Å². The first-order valence-electron chi connectivity index (χ1n) is 7.38. The molecule has 0 unspecified atom stereocenters. The minimum Gasteiger partial charge on any atom is -0.341 e. The van der Waals surface area contributed by atoms with E-state index in [1.807, 2.05) is 27.7 Å². The van der Waals surface area contributed by atoms with E-state index < -0.39 is 27.3 Å². The highest BCUT2D eigenvalue weighted by Crippen LogP contribution is 2.14. The Kier molecular flexibility index (Phi) is 6.53. The Bertz CT molecular complexity index is 584. The van der Waals surface area contributed by atoms with Crippen molar-refractivity contribution in [3.8, 4) is 0 Å². The molecule has 0 aliphatic rings. The van der Waals surface area contributed by atoms with Crippen LogP contribution in [0.1, 0.15) is 27.7 Å². The van der Waals surface area contributed by atoms with Crippen molar-refractivity contribution < 1.29 is 17.6 Å². The maximum atomic E-state index is 12.9. The molecular weight excluding hydrogens is 305 g/mol. The molecule has 22 heavy (non-hydrogen) atoms. The van der Waals surface area contributed by atoms with Crippen LogP contribution in [0.4, 0.5) is 4.39 Å². The zero-order valence-corrected chi connectivity index (χ0v) is 14.4. The first kappa shape index (κ1) is 18.6. The average Bonchev–Trinajstić information content (AvgIpc) is 2.36. The highest BCUT2D eigenvalue weighted by molar-refractivity contribution is 7.92. The minimum atomic E-state index is -3.75. The molecule has 0 fully saturated rings. The Hall–Kier alpha value is -1.43. The van der Waals surface area contributed by atoms with Crippen molar-refractivity contribution in [3.63, 3.8) is 0 Å². The van der Waals surface area contributed by atoms with Gasteiger partial charge in [-0.1, -0.05) is 27.7 Å². The fraction of sp³-hybridized carbons (Fsp3) is 0.562. The summed E-state index contributed by atoms with van der Waals surface area (Å²) in [5.74, 6) is -0.983. The van der Waals surface area contributed by atoms with Crippen molar-refractivity contribution in [1.82, 2.24) is 4.90 Å². The number of sulfone groups is 1. The number of nitrogens with zero attached hydrogens (tertiary/aromatic N) is 1. The second-order valence-corrected chi connectivity index (χ2v) is 8.29. The average molecular weight is 329 g/mol. The van der Waals surface area contributed by atoms with E-state index in [0.29, 0.717) is 13.1 Å². The van der Waals surface area contributed by atoms with Crippen LogP contribution in [0.5, 0.6) is 0 Å². The van der Waals surface area contributed by atoms with Crippen molar-refractivity contribution in [2.45, 2.75) is 32.6 Å². The van der Waals surface area contributed by atoms with Crippen LogP contribution in [0, 0.1) is 17.7 Å². The summed E-state index contributed by atoms with van der Waals surface area (Å²) in [4.78, 5) is 13.9. The highest BCUT2D eigenvalue weighted by Gasteiger charge is 2.24. The van der Waals surface area contributed by atoms with Crippen LogP contribution >= 0.6 is 0 Å². The molecule has 1 aromatic carbocycles. The maximum absolute atomic E-state index is 12.9. The number of rotatable bonds is 7. The van der Waals surface area contributed by atoms with Gasteiger partial charge in [-0.25, -0.2) is 12.8 Å². The number of carbonyl (C=O) groups is 1. The molecule has 0 atom stereocenters. The third kappa shape index (κ3) is 5.75. The Balaban J connectivity index is 2.89. The number of carbonyl (C=O) groups excluding carboxylic acids is 1. The van der Waals surface area contributed by atoms with E-state index in [4.69, 9.17) is 0 Å². The molecular formula is C16H24FNO3S. The van der Waals surface area contributed by atoms with Crippen molar-refractivity contribution in [2.24, 2.45) is 11.8 Å². The lowest BCUT2D eigenvalue weighted by Gasteiger charge is -2.26. The van der Waals surface area contributed by atoms with E-state index in [1.54, 1.807) is 4.90 Å². The van der Waals surface area contributed by atoms with Crippen molar-refractivity contribution in [1.29, 1.82) is 0 Å². The molecule has 0 aromatic heterocycles. The second-order valence-electron chi connectivity index (χ2n) is 6.30. The Morgan fingerprint density at radius 3 is 1.91 bits per heavy atom. The van der Waals surface area contributed by atoms with Gasteiger partial charge in [0, 0.05) is 13.1 Å². The lowest BCUT2D eigenvalue weighted by Crippen LogP contribution is -2.40. The van der Waals surface area contributed by atoms with E-state index in [0.717, 1.165) is 12.1 Å². The largest absolute Gasteiger partial charge is 0.341 e. The van der Waals surface area contributed by atoms with Crippen LogP contribution in [0.15, 0.2) is 29.2 Å². The fourth-order valence-electron chi connectivity index (χ4n) is 2.14. The Morgan fingerprint density at radius 2 is 1.50 bits per heavy atom. The second kappa shape index (κ2) is 7.72. The molecule has 124 valence electrons. The number of halogens is 1. The molecule has 6 heteroatoms. The normalized spacial score (nSPS) is 12.0. The van der Waals surface area contributed by atoms with Gasteiger partial charge in [-0.3, -0.25) is 4.79 Å². The molecule has 0 spiro atoms. The standard InChI is InChI=1S/C16H24FNO3S/c1-12(2)9-18(10-13(3)4)16(19)11-22(20,21)15-7-5-14(17)6-8-15/h5-8,12-13H,9-11H2,1-4H3. The van der Waals surface area contributed by atoms with E-state index in [1.165, 1.54) is 12.1 Å². The monoisotopic (exact) mass is 329 g/mol. The lowest BCUT2D eigenvalue weighted by molar-refractivity contribution is -0.129. The highest BCUT2D eigenvalue weighted by atomic mass is 32.2. The zero-order valence-electron chi connectivity index (χ0n) is 13.5. The summed E-state index contributed by atoms with van der Waals surface area (Å²) in [6.45, 7) is 8.97. The van der Waals surface area contributed by atoms with Gasteiger partial charge in [-0.05, 0) is 36.1 Å². The number of hydrogen-bond acceptors (Lipinski definition) is 3. The summed E-state index contributed by atoms with van der Waals surface area (Å²) in [5.41, 5.74) is 0. The summed E-state index contributed by atoms with van der Waals surface area (Å²) >= 11 is 0. The van der Waals surface area contributed by atoms with Gasteiger partial charge in [0.05, 0.1) is 4.90 Å². The van der Waals surface area contributed by atoms with E-state index in [-0.39, 0.29) is 16.7 Å². The smallest absolute Gasteiger partial charge is 0.238 e. The summed E-state index contributed by atoms with van der Waals surface area (Å²) in [6, 6.07) is 4.54. The zero-order chi connectivity index (χ0) is 16.9. The topological polar surface area (TPSA) is 54.5 Å². The predicted octanol–water partition coefficient (Wildman–Crippen LogP) is 2.74. The van der Waals surface area contributed by atoms with Gasteiger partial charge in [0.1, 0.15) is 11.6 Å². The van der Waals surface area contributed by atoms with Gasteiger partial charge < -0.3 is 4.90 Å². The Morgan fingerprint density at radius 1 is 1.05 bits per heavy atom. The van der Waals surface area contributed by atoms with Crippen LogP contribution in [0.25, 0.3) is 0 Å². The molecule has 1 aromatic rings. The van der Waals surface area contributed by atoms with Crippen LogP contribution in [0.2, 0.25) is 0 Å². The van der Waals surface area contributed by atoms with Gasteiger partial charge in [0.15, 0.2) is 9.84 Å². The van der Waals surface area contributed by atoms with Crippen LogP contribution in [-0.2, 0) is 14.6 Å². The van der Waals surface area contributed by atoms with E-state index in [9.17, 15) is 17.6 Å². The lowest BCUT2D eigenvalue weighted by atomic mass is 10.1. The van der Waals surface area contributed by atoms with E-state index >= 15 is 0 Å². The minimum absolute atomic E-state index is 0.0312. The van der Waals surface area contributed by atoms with Gasteiger partial charge in [-0.2, -0.15) is 0 Å². The molecule has 1 rings (SSSR count). The van der Waals surface area contributed by atoms with Crippen molar-refractivity contribution in [2.75, 3.05) is 18.8 Å². The molecule has 4 nitrogen and oxygen atoms in total. The van der Waals surface area contributed by atoms with Gasteiger partial charge in [-0.15, -0.1) is 0 Å². The summed E-state index contributed by atoms with van der Waals surface area (Å²) in [5, 5.41) is 0. The molecule has 0 saturated carbocycles. The Labute approximate surface area is 132 Å². The molecule has 0 saturated heterocycles. The van der Waals surface area contributed by atoms with Gasteiger partial charge in [0.25, 0.3) is 0 Å². The molecule has 0 bridgehead atoms. The van der Waals surface area contributed by atoms with Crippen molar-refractivity contribution >= 4 is 15.7 Å². The van der Waals surface area contributed by atoms with Crippen molar-refractivity contribution in [3.05, 3.63) is 30.1 Å². The van der Waals surface area contributed by atoms with Crippen LogP contribution < -0.4 is 0 Å². The number of amides is 1. The predicted molar refractivity (Wildman–Crippen MR) is 84.7 cm³/mol. The van der Waals surface area contributed by atoms with Gasteiger partial charge in [0.2, 0.25) is 5.91 Å². The quantitative estimate of drug-likeness (QED) is 0.723. The van der Waals surface area contributed by atoms with Gasteiger partial charge >= 0.3 is 0 Å². The molecule has 0 N–H and O–H groups in total. The first-order valence-corrected chi connectivity index (χ1v) is 9.03. The van der Waals surface area contributed by atoms with Crippen LogP contribution in [-0.4, -0.2) is 38.1 Å². The third-order valence-electron chi connectivity index (χ3n) is 3.01. The van der Waals surface area contributed by atoms with Crippen LogP contribution in [0.3, 0.4) is 0 Å². The third-order valence-corrected chi connectivity index (χ3v) is 4.63. The summed E-state index contributed by atoms with van der Waals surface area (Å²) < 4.78 is 37.4. The molecule has 0 heterocycles. The maximum Gasteiger partial charge on any atom is 0.238 e. The molecule has 0 radical (unpaired) electrons. The summed E-state index contributed by atoms with van der Waals surface area (Å²) in [6.07, 6.45) is 0.